The predicted octanol–water partition coefficient (Wildman–Crippen LogP) is 3.91. The Morgan fingerprint density at radius 2 is 2.00 bits per heavy atom. The lowest BCUT2D eigenvalue weighted by atomic mass is 10.2. The second-order valence-corrected chi connectivity index (χ2v) is 5.82. The van der Waals surface area contributed by atoms with E-state index in [1.54, 1.807) is 35.2 Å². The number of thiophene rings is 1. The Morgan fingerprint density at radius 1 is 1.21 bits per heavy atom. The van der Waals surface area contributed by atoms with Gasteiger partial charge < -0.3 is 5.11 Å². The van der Waals surface area contributed by atoms with Crippen LogP contribution in [0.5, 0.6) is 0 Å². The highest BCUT2D eigenvalue weighted by Crippen LogP contribution is 2.27. The van der Waals surface area contributed by atoms with Crippen molar-refractivity contribution in [1.29, 1.82) is 0 Å². The first-order valence-corrected chi connectivity index (χ1v) is 7.70. The molecule has 0 spiro atoms. The van der Waals surface area contributed by atoms with Gasteiger partial charge in [0.15, 0.2) is 0 Å². The highest BCUT2D eigenvalue weighted by atomic mass is 32.2. The van der Waals surface area contributed by atoms with E-state index in [2.05, 4.69) is 11.8 Å². The fourth-order valence-electron chi connectivity index (χ4n) is 1.46. The minimum Gasteiger partial charge on any atom is -0.395 e. The van der Waals surface area contributed by atoms with E-state index in [-0.39, 0.29) is 12.4 Å². The average Bonchev–Trinajstić information content (AvgIpc) is 2.86. The van der Waals surface area contributed by atoms with Crippen molar-refractivity contribution in [2.75, 3.05) is 6.61 Å². The molecule has 1 aromatic carbocycles. The standard InChI is InChI=1S/C15H13FOS2/c16-13-4-6-14(7-5-13)19-11-15-12(8-10-18-15)3-1-2-9-17/h4-8,10,17H,2,9,11H2. The lowest BCUT2D eigenvalue weighted by Gasteiger charge is -2.00. The molecule has 1 nitrogen and oxygen atoms in total. The zero-order valence-corrected chi connectivity index (χ0v) is 11.9. The van der Waals surface area contributed by atoms with Crippen LogP contribution in [0.2, 0.25) is 0 Å². The summed E-state index contributed by atoms with van der Waals surface area (Å²) in [6, 6.07) is 8.50. The first-order chi connectivity index (χ1) is 9.29. The molecule has 19 heavy (non-hydrogen) atoms. The second kappa shape index (κ2) is 7.34. The molecule has 0 aliphatic rings. The van der Waals surface area contributed by atoms with Crippen LogP contribution >= 0.6 is 23.1 Å². The van der Waals surface area contributed by atoms with Crippen LogP contribution in [0.25, 0.3) is 0 Å². The van der Waals surface area contributed by atoms with E-state index in [4.69, 9.17) is 5.11 Å². The highest BCUT2D eigenvalue weighted by Gasteiger charge is 2.03. The third kappa shape index (κ3) is 4.39. The number of aliphatic hydroxyl groups excluding tert-OH is 1. The minimum absolute atomic E-state index is 0.0940. The maximum Gasteiger partial charge on any atom is 0.123 e. The van der Waals surface area contributed by atoms with Gasteiger partial charge in [0, 0.05) is 27.5 Å². The van der Waals surface area contributed by atoms with Gasteiger partial charge in [0.05, 0.1) is 6.61 Å². The topological polar surface area (TPSA) is 20.2 Å². The van der Waals surface area contributed by atoms with Crippen LogP contribution in [0.3, 0.4) is 0 Å². The van der Waals surface area contributed by atoms with E-state index in [1.807, 2.05) is 11.4 Å². The minimum atomic E-state index is -0.212. The summed E-state index contributed by atoms with van der Waals surface area (Å²) in [5, 5.41) is 10.7. The maximum absolute atomic E-state index is 12.8. The smallest absolute Gasteiger partial charge is 0.123 e. The molecule has 0 aliphatic carbocycles. The van der Waals surface area contributed by atoms with Crippen molar-refractivity contribution < 1.29 is 9.50 Å². The van der Waals surface area contributed by atoms with Crippen LogP contribution < -0.4 is 0 Å². The van der Waals surface area contributed by atoms with Gasteiger partial charge in [0.2, 0.25) is 0 Å². The molecule has 0 radical (unpaired) electrons. The summed E-state index contributed by atoms with van der Waals surface area (Å²) in [4.78, 5) is 2.25. The first-order valence-electron chi connectivity index (χ1n) is 5.84. The molecule has 98 valence electrons. The third-order valence-electron chi connectivity index (χ3n) is 2.39. The Hall–Kier alpha value is -1.28. The first kappa shape index (κ1) is 14.1. The van der Waals surface area contributed by atoms with Crippen molar-refractivity contribution in [3.05, 3.63) is 52.0 Å². The number of halogens is 1. The summed E-state index contributed by atoms with van der Waals surface area (Å²) in [5.74, 6) is 6.61. The zero-order valence-electron chi connectivity index (χ0n) is 10.2. The van der Waals surface area contributed by atoms with Crippen molar-refractivity contribution in [3.8, 4) is 11.8 Å². The number of rotatable bonds is 4. The molecule has 0 saturated carbocycles. The Balaban J connectivity index is 1.98. The number of hydrogen-bond donors (Lipinski definition) is 1. The Kier molecular flexibility index (Phi) is 5.46. The average molecular weight is 292 g/mol. The van der Waals surface area contributed by atoms with Crippen LogP contribution in [0, 0.1) is 17.7 Å². The Bertz CT molecular complexity index is 578. The molecule has 2 aromatic rings. The van der Waals surface area contributed by atoms with Crippen LogP contribution in [0.15, 0.2) is 40.6 Å². The number of hydrogen-bond acceptors (Lipinski definition) is 3. The van der Waals surface area contributed by atoms with Gasteiger partial charge in [0.1, 0.15) is 5.82 Å². The molecule has 4 heteroatoms. The Labute approximate surface area is 120 Å². The molecule has 0 unspecified atom stereocenters. The van der Waals surface area contributed by atoms with Crippen LogP contribution in [-0.2, 0) is 5.75 Å². The molecule has 1 heterocycles. The SMILES string of the molecule is OCCC#Cc1ccsc1CSc1ccc(F)cc1. The molecule has 0 fully saturated rings. The molecule has 1 aromatic heterocycles. The summed E-state index contributed by atoms with van der Waals surface area (Å²) >= 11 is 3.34. The summed E-state index contributed by atoms with van der Waals surface area (Å²) in [6.45, 7) is 0.0940. The molecule has 0 bridgehead atoms. The van der Waals surface area contributed by atoms with Gasteiger partial charge in [-0.25, -0.2) is 4.39 Å². The van der Waals surface area contributed by atoms with E-state index in [1.165, 1.54) is 17.0 Å². The van der Waals surface area contributed by atoms with Crippen molar-refractivity contribution in [2.24, 2.45) is 0 Å². The molecule has 1 N–H and O–H groups in total. The lowest BCUT2D eigenvalue weighted by Crippen LogP contribution is -1.82. The van der Waals surface area contributed by atoms with Crippen LogP contribution in [-0.4, -0.2) is 11.7 Å². The summed E-state index contributed by atoms with van der Waals surface area (Å²) in [5.41, 5.74) is 1.02. The summed E-state index contributed by atoms with van der Waals surface area (Å²) in [7, 11) is 0. The van der Waals surface area contributed by atoms with Crippen molar-refractivity contribution >= 4 is 23.1 Å². The third-order valence-corrected chi connectivity index (χ3v) is 4.53. The van der Waals surface area contributed by atoms with Gasteiger partial charge in [-0.3, -0.25) is 0 Å². The molecule has 0 atom stereocenters. The monoisotopic (exact) mass is 292 g/mol. The highest BCUT2D eigenvalue weighted by molar-refractivity contribution is 7.98. The fraction of sp³-hybridized carbons (Fsp3) is 0.200. The predicted molar refractivity (Wildman–Crippen MR) is 78.9 cm³/mol. The van der Waals surface area contributed by atoms with Gasteiger partial charge in [-0.05, 0) is 35.7 Å². The van der Waals surface area contributed by atoms with Crippen LogP contribution in [0.4, 0.5) is 4.39 Å². The van der Waals surface area contributed by atoms with Crippen molar-refractivity contribution in [2.45, 2.75) is 17.1 Å². The summed E-state index contributed by atoms with van der Waals surface area (Å²) in [6.07, 6.45) is 0.500. The number of benzene rings is 1. The number of thioether (sulfide) groups is 1. The van der Waals surface area contributed by atoms with Crippen molar-refractivity contribution in [1.82, 2.24) is 0 Å². The lowest BCUT2D eigenvalue weighted by molar-refractivity contribution is 0.305. The van der Waals surface area contributed by atoms with Gasteiger partial charge >= 0.3 is 0 Å². The van der Waals surface area contributed by atoms with Crippen LogP contribution in [0.1, 0.15) is 16.9 Å². The molecule has 0 saturated heterocycles. The molecular formula is C15H13FOS2. The largest absolute Gasteiger partial charge is 0.395 e. The molecule has 0 aliphatic heterocycles. The quantitative estimate of drug-likeness (QED) is 0.681. The van der Waals surface area contributed by atoms with E-state index in [0.29, 0.717) is 6.42 Å². The Morgan fingerprint density at radius 3 is 2.74 bits per heavy atom. The van der Waals surface area contributed by atoms with Gasteiger partial charge in [0.25, 0.3) is 0 Å². The fourth-order valence-corrected chi connectivity index (χ4v) is 3.30. The maximum atomic E-state index is 12.8. The summed E-state index contributed by atoms with van der Waals surface area (Å²) < 4.78 is 12.8. The molecular weight excluding hydrogens is 279 g/mol. The molecule has 2 rings (SSSR count). The van der Waals surface area contributed by atoms with Crippen molar-refractivity contribution in [3.63, 3.8) is 0 Å². The van der Waals surface area contributed by atoms with Gasteiger partial charge in [-0.2, -0.15) is 0 Å². The second-order valence-electron chi connectivity index (χ2n) is 3.78. The van der Waals surface area contributed by atoms with E-state index in [0.717, 1.165) is 16.2 Å². The van der Waals surface area contributed by atoms with E-state index >= 15 is 0 Å². The van der Waals surface area contributed by atoms with E-state index in [9.17, 15) is 4.39 Å². The van der Waals surface area contributed by atoms with Gasteiger partial charge in [-0.1, -0.05) is 11.8 Å². The molecule has 0 amide bonds. The number of aliphatic hydroxyl groups is 1. The normalized spacial score (nSPS) is 10.0. The van der Waals surface area contributed by atoms with E-state index < -0.39 is 0 Å². The zero-order chi connectivity index (χ0) is 13.5. The van der Waals surface area contributed by atoms with Gasteiger partial charge in [-0.15, -0.1) is 23.1 Å².